The molecule has 1 N–H and O–H groups in total. The van der Waals surface area contributed by atoms with Gasteiger partial charge in [-0.25, -0.2) is 0 Å². The van der Waals surface area contributed by atoms with Crippen LogP contribution in [0, 0.1) is 34.5 Å². The quantitative estimate of drug-likeness (QED) is 0.721. The molecule has 0 bridgehead atoms. The highest BCUT2D eigenvalue weighted by molar-refractivity contribution is 5.79. The van der Waals surface area contributed by atoms with Crippen molar-refractivity contribution in [3.8, 4) is 0 Å². The van der Waals surface area contributed by atoms with Crippen LogP contribution in [-0.4, -0.2) is 28.9 Å². The molecule has 0 amide bonds. The van der Waals surface area contributed by atoms with Gasteiger partial charge >= 0.3 is 11.9 Å². The van der Waals surface area contributed by atoms with E-state index in [0.717, 1.165) is 38.5 Å². The Morgan fingerprint density at radius 3 is 2.50 bits per heavy atom. The summed E-state index contributed by atoms with van der Waals surface area (Å²) in [6.45, 7) is 4.75. The lowest BCUT2D eigenvalue weighted by Crippen LogP contribution is -2.54. The monoisotopic (exact) mass is 390 g/mol. The van der Waals surface area contributed by atoms with Gasteiger partial charge in [0, 0.05) is 18.3 Å². The van der Waals surface area contributed by atoms with Crippen molar-refractivity contribution in [1.29, 1.82) is 0 Å². The van der Waals surface area contributed by atoms with Crippen molar-refractivity contribution in [1.82, 2.24) is 0 Å². The topological polar surface area (TPSA) is 80.7 Å². The van der Waals surface area contributed by atoms with Crippen LogP contribution in [0.1, 0.15) is 84.5 Å². The molecule has 5 nitrogen and oxygen atoms in total. The lowest BCUT2D eigenvalue weighted by molar-refractivity contribution is -0.165. The van der Waals surface area contributed by atoms with Crippen molar-refractivity contribution < 1.29 is 24.2 Å². The predicted octanol–water partition coefficient (Wildman–Crippen LogP) is 4.37. The number of hydrogen-bond donors (Lipinski definition) is 1. The van der Waals surface area contributed by atoms with Crippen LogP contribution >= 0.6 is 0 Å². The summed E-state index contributed by atoms with van der Waals surface area (Å²) < 4.78 is 5.81. The van der Waals surface area contributed by atoms with Crippen LogP contribution in [0.4, 0.5) is 0 Å². The van der Waals surface area contributed by atoms with Gasteiger partial charge in [-0.05, 0) is 74.0 Å². The first kappa shape index (κ1) is 19.9. The fourth-order valence-corrected chi connectivity index (χ4v) is 7.62. The molecule has 4 rings (SSSR count). The molecule has 0 spiro atoms. The highest BCUT2D eigenvalue weighted by atomic mass is 16.5. The average Bonchev–Trinajstić information content (AvgIpc) is 2.97. The van der Waals surface area contributed by atoms with Crippen LogP contribution in [0.15, 0.2) is 0 Å². The minimum Gasteiger partial charge on any atom is -0.481 e. The SMILES string of the molecule is C[C@]12CCC(=O)C[C@H]1CC[C@@H]1[C@@H]2CC[C@]2(C)[C@@H](OC(=O)CCC(=O)O)CC[C@@H]12. The van der Waals surface area contributed by atoms with E-state index in [9.17, 15) is 14.4 Å². The van der Waals surface area contributed by atoms with E-state index in [1.54, 1.807) is 0 Å². The largest absolute Gasteiger partial charge is 0.481 e. The van der Waals surface area contributed by atoms with E-state index in [2.05, 4.69) is 13.8 Å². The maximum Gasteiger partial charge on any atom is 0.306 e. The third kappa shape index (κ3) is 3.19. The van der Waals surface area contributed by atoms with Crippen molar-refractivity contribution >= 4 is 17.7 Å². The summed E-state index contributed by atoms with van der Waals surface area (Å²) in [5.74, 6) is 1.65. The second-order valence-electron chi connectivity index (χ2n) is 10.4. The van der Waals surface area contributed by atoms with Crippen LogP contribution in [0.25, 0.3) is 0 Å². The molecule has 5 heteroatoms. The number of hydrogen-bond acceptors (Lipinski definition) is 4. The van der Waals surface area contributed by atoms with Gasteiger partial charge in [-0.15, -0.1) is 0 Å². The smallest absolute Gasteiger partial charge is 0.306 e. The van der Waals surface area contributed by atoms with Crippen LogP contribution in [0.3, 0.4) is 0 Å². The molecule has 0 heterocycles. The van der Waals surface area contributed by atoms with Crippen molar-refractivity contribution in [3.05, 3.63) is 0 Å². The number of carbonyl (C=O) groups excluding carboxylic acids is 2. The molecule has 7 atom stereocenters. The maximum absolute atomic E-state index is 12.2. The number of ether oxygens (including phenoxy) is 1. The molecule has 28 heavy (non-hydrogen) atoms. The van der Waals surface area contributed by atoms with Crippen LogP contribution in [0.2, 0.25) is 0 Å². The number of esters is 1. The molecular weight excluding hydrogens is 356 g/mol. The second-order valence-corrected chi connectivity index (χ2v) is 10.4. The lowest BCUT2D eigenvalue weighted by atomic mass is 9.45. The normalized spacial score (nSPS) is 44.9. The first-order valence-corrected chi connectivity index (χ1v) is 11.2. The molecule has 4 aliphatic carbocycles. The summed E-state index contributed by atoms with van der Waals surface area (Å²) in [4.78, 5) is 34.9. The number of carboxylic acids is 1. The van der Waals surface area contributed by atoms with E-state index in [0.29, 0.717) is 34.9 Å². The maximum atomic E-state index is 12.2. The first-order valence-electron chi connectivity index (χ1n) is 11.2. The zero-order chi connectivity index (χ0) is 20.1. The summed E-state index contributed by atoms with van der Waals surface area (Å²) in [7, 11) is 0. The van der Waals surface area contributed by atoms with Crippen LogP contribution in [-0.2, 0) is 19.1 Å². The van der Waals surface area contributed by atoms with Crippen molar-refractivity contribution in [2.24, 2.45) is 34.5 Å². The van der Waals surface area contributed by atoms with E-state index in [1.807, 2.05) is 0 Å². The van der Waals surface area contributed by atoms with Crippen LogP contribution < -0.4 is 0 Å². The third-order valence-electron chi connectivity index (χ3n) is 9.21. The molecule has 4 fully saturated rings. The first-order chi connectivity index (χ1) is 13.2. The Bertz CT molecular complexity index is 672. The fraction of sp³-hybridized carbons (Fsp3) is 0.870. The average molecular weight is 391 g/mol. The molecule has 0 aromatic carbocycles. The summed E-state index contributed by atoms with van der Waals surface area (Å²) in [5.41, 5.74) is 0.322. The molecule has 0 saturated heterocycles. The van der Waals surface area contributed by atoms with Gasteiger partial charge < -0.3 is 9.84 Å². The Labute approximate surface area is 167 Å². The molecule has 0 unspecified atom stereocenters. The van der Waals surface area contributed by atoms with E-state index in [4.69, 9.17) is 9.84 Å². The second kappa shape index (κ2) is 7.14. The van der Waals surface area contributed by atoms with Gasteiger partial charge in [-0.2, -0.15) is 0 Å². The van der Waals surface area contributed by atoms with E-state index < -0.39 is 5.97 Å². The standard InChI is InChI=1S/C23H34O5/c1-22-11-9-15(24)13-14(22)3-4-16-17-5-6-19(23(17,2)12-10-18(16)22)28-21(27)8-7-20(25)26/h14,16-19H,3-13H2,1-2H3,(H,25,26)/t14-,16+,17+,18+,19+,22+,23+/m1/s1. The minimum absolute atomic E-state index is 0.0216. The van der Waals surface area contributed by atoms with Gasteiger partial charge in [0.15, 0.2) is 0 Å². The molecular formula is C23H34O5. The predicted molar refractivity (Wildman–Crippen MR) is 103 cm³/mol. The number of Topliss-reactive ketones (excluding diaryl/α,β-unsaturated/α-hetero) is 1. The molecule has 156 valence electrons. The van der Waals surface area contributed by atoms with E-state index >= 15 is 0 Å². The molecule has 4 aliphatic rings. The number of carboxylic acid groups (broad SMARTS) is 1. The Morgan fingerprint density at radius 2 is 1.75 bits per heavy atom. The molecule has 0 aliphatic heterocycles. The zero-order valence-corrected chi connectivity index (χ0v) is 17.2. The van der Waals surface area contributed by atoms with Gasteiger partial charge in [0.2, 0.25) is 0 Å². The zero-order valence-electron chi connectivity index (χ0n) is 17.2. The Morgan fingerprint density at radius 1 is 1.00 bits per heavy atom. The summed E-state index contributed by atoms with van der Waals surface area (Å²) in [6, 6.07) is 0. The fourth-order valence-electron chi connectivity index (χ4n) is 7.62. The van der Waals surface area contributed by atoms with Gasteiger partial charge in [-0.3, -0.25) is 14.4 Å². The van der Waals surface area contributed by atoms with Gasteiger partial charge in [0.05, 0.1) is 12.8 Å². The van der Waals surface area contributed by atoms with Crippen LogP contribution in [0.5, 0.6) is 0 Å². The minimum atomic E-state index is -0.955. The van der Waals surface area contributed by atoms with Gasteiger partial charge in [-0.1, -0.05) is 13.8 Å². The summed E-state index contributed by atoms with van der Waals surface area (Å²) in [5, 5.41) is 8.80. The number of aliphatic carboxylic acids is 1. The van der Waals surface area contributed by atoms with E-state index in [1.165, 1.54) is 19.3 Å². The van der Waals surface area contributed by atoms with Crippen molar-refractivity contribution in [3.63, 3.8) is 0 Å². The molecule has 0 aromatic rings. The highest BCUT2D eigenvalue weighted by Crippen LogP contribution is 2.66. The lowest BCUT2D eigenvalue weighted by Gasteiger charge is -2.60. The molecule has 0 radical (unpaired) electrons. The van der Waals surface area contributed by atoms with Gasteiger partial charge in [0.25, 0.3) is 0 Å². The third-order valence-corrected chi connectivity index (χ3v) is 9.21. The number of ketones is 1. The Hall–Kier alpha value is -1.39. The molecule has 0 aromatic heterocycles. The van der Waals surface area contributed by atoms with E-state index in [-0.39, 0.29) is 30.3 Å². The Balaban J connectivity index is 1.47. The summed E-state index contributed by atoms with van der Waals surface area (Å²) in [6.07, 6.45) is 8.95. The molecule has 4 saturated carbocycles. The van der Waals surface area contributed by atoms with Crippen molar-refractivity contribution in [2.45, 2.75) is 90.6 Å². The number of fused-ring (bicyclic) bond motifs is 5. The Kier molecular flexibility index (Phi) is 5.08. The highest BCUT2D eigenvalue weighted by Gasteiger charge is 2.61. The van der Waals surface area contributed by atoms with Gasteiger partial charge in [0.1, 0.15) is 11.9 Å². The number of carbonyl (C=O) groups is 3. The number of rotatable bonds is 4. The van der Waals surface area contributed by atoms with Crippen molar-refractivity contribution in [2.75, 3.05) is 0 Å². The summed E-state index contributed by atoms with van der Waals surface area (Å²) >= 11 is 0.